The molecule has 5 nitrogen and oxygen atoms in total. The number of nitrogens with zero attached hydrogens (tertiary/aromatic N) is 4. The van der Waals surface area contributed by atoms with Crippen molar-refractivity contribution in [1.29, 1.82) is 0 Å². The van der Waals surface area contributed by atoms with Crippen LogP contribution in [-0.4, -0.2) is 19.7 Å². The van der Waals surface area contributed by atoms with E-state index in [2.05, 4.69) is 28.9 Å². The van der Waals surface area contributed by atoms with Crippen LogP contribution in [0.4, 0.5) is 4.39 Å². The van der Waals surface area contributed by atoms with E-state index in [4.69, 9.17) is 5.73 Å². The van der Waals surface area contributed by atoms with Crippen molar-refractivity contribution in [2.24, 2.45) is 11.7 Å². The van der Waals surface area contributed by atoms with Gasteiger partial charge in [-0.15, -0.1) is 0 Å². The lowest BCUT2D eigenvalue weighted by Crippen LogP contribution is -2.37. The third kappa shape index (κ3) is 3.39. The fourth-order valence-corrected chi connectivity index (χ4v) is 2.06. The highest BCUT2D eigenvalue weighted by molar-refractivity contribution is 5.16. The number of hydrogen-bond donors (Lipinski definition) is 1. The van der Waals surface area contributed by atoms with E-state index in [1.54, 1.807) is 6.07 Å². The van der Waals surface area contributed by atoms with Gasteiger partial charge in [0, 0.05) is 13.0 Å². The van der Waals surface area contributed by atoms with Crippen molar-refractivity contribution in [1.82, 2.24) is 19.7 Å². The van der Waals surface area contributed by atoms with Crippen LogP contribution in [0.3, 0.4) is 0 Å². The molecule has 0 radical (unpaired) electrons. The van der Waals surface area contributed by atoms with Crippen molar-refractivity contribution < 1.29 is 4.39 Å². The molecule has 108 valence electrons. The van der Waals surface area contributed by atoms with Gasteiger partial charge in [0.2, 0.25) is 0 Å². The lowest BCUT2D eigenvalue weighted by Gasteiger charge is -2.24. The summed E-state index contributed by atoms with van der Waals surface area (Å²) in [5, 5.41) is 4.22. The Labute approximate surface area is 118 Å². The molecule has 0 spiro atoms. The minimum atomic E-state index is -0.713. The van der Waals surface area contributed by atoms with Gasteiger partial charge in [-0.3, -0.25) is 4.98 Å². The zero-order chi connectivity index (χ0) is 14.8. The van der Waals surface area contributed by atoms with Crippen LogP contribution in [0.2, 0.25) is 0 Å². The molecular formula is C14H20FN5. The van der Waals surface area contributed by atoms with E-state index in [1.165, 1.54) is 18.6 Å². The molecule has 6 heteroatoms. The van der Waals surface area contributed by atoms with Crippen molar-refractivity contribution in [2.45, 2.75) is 39.3 Å². The van der Waals surface area contributed by atoms with E-state index < -0.39 is 5.54 Å². The van der Waals surface area contributed by atoms with Crippen LogP contribution in [0.1, 0.15) is 32.3 Å². The van der Waals surface area contributed by atoms with Gasteiger partial charge in [-0.05, 0) is 25.0 Å². The second-order valence-electron chi connectivity index (χ2n) is 5.71. The quantitative estimate of drug-likeness (QED) is 0.906. The van der Waals surface area contributed by atoms with Crippen molar-refractivity contribution in [3.05, 3.63) is 42.0 Å². The lowest BCUT2D eigenvalue weighted by atomic mass is 9.94. The van der Waals surface area contributed by atoms with Crippen LogP contribution in [-0.2, 0) is 18.5 Å². The summed E-state index contributed by atoms with van der Waals surface area (Å²) in [5.74, 6) is 0.922. The third-order valence-electron chi connectivity index (χ3n) is 3.07. The van der Waals surface area contributed by atoms with E-state index in [1.807, 2.05) is 11.6 Å². The van der Waals surface area contributed by atoms with Gasteiger partial charge in [-0.2, -0.15) is 5.10 Å². The molecule has 2 heterocycles. The summed E-state index contributed by atoms with van der Waals surface area (Å²) >= 11 is 0. The predicted octanol–water partition coefficient (Wildman–Crippen LogP) is 1.88. The molecule has 0 aliphatic heterocycles. The molecule has 20 heavy (non-hydrogen) atoms. The second-order valence-corrected chi connectivity index (χ2v) is 5.71. The van der Waals surface area contributed by atoms with E-state index in [-0.39, 0.29) is 5.82 Å². The Morgan fingerprint density at radius 1 is 1.35 bits per heavy atom. The molecule has 1 atom stereocenters. The number of halogens is 1. The fraction of sp³-hybridized carbons (Fsp3) is 0.500. The van der Waals surface area contributed by atoms with Gasteiger partial charge in [-0.1, -0.05) is 13.8 Å². The average molecular weight is 277 g/mol. The molecule has 2 rings (SSSR count). The largest absolute Gasteiger partial charge is 0.320 e. The minimum absolute atomic E-state index is 0.368. The van der Waals surface area contributed by atoms with Crippen LogP contribution in [0.15, 0.2) is 24.7 Å². The van der Waals surface area contributed by atoms with Gasteiger partial charge in [0.1, 0.15) is 18.0 Å². The summed E-state index contributed by atoms with van der Waals surface area (Å²) in [6.07, 6.45) is 3.21. The van der Waals surface area contributed by atoms with Crippen molar-refractivity contribution in [3.8, 4) is 0 Å². The summed E-state index contributed by atoms with van der Waals surface area (Å²) in [6, 6.07) is 2.98. The SMILES string of the molecule is CC(C)Cn1ncnc1CC(C)(N)c1ccc(F)cn1. The topological polar surface area (TPSA) is 69.6 Å². The van der Waals surface area contributed by atoms with Gasteiger partial charge >= 0.3 is 0 Å². The monoisotopic (exact) mass is 277 g/mol. The zero-order valence-electron chi connectivity index (χ0n) is 12.0. The molecule has 0 saturated carbocycles. The minimum Gasteiger partial charge on any atom is -0.320 e. The molecule has 0 saturated heterocycles. The molecule has 2 aromatic rings. The lowest BCUT2D eigenvalue weighted by molar-refractivity contribution is 0.415. The predicted molar refractivity (Wildman–Crippen MR) is 74.3 cm³/mol. The average Bonchev–Trinajstić information content (AvgIpc) is 2.75. The second kappa shape index (κ2) is 5.66. The maximum absolute atomic E-state index is 12.9. The van der Waals surface area contributed by atoms with Crippen LogP contribution >= 0.6 is 0 Å². The Morgan fingerprint density at radius 2 is 2.10 bits per heavy atom. The standard InChI is InChI=1S/C14H20FN5/c1-10(2)8-20-13(18-9-19-20)6-14(3,16)12-5-4-11(15)7-17-12/h4-5,7,9-10H,6,8,16H2,1-3H3. The van der Waals surface area contributed by atoms with Crippen LogP contribution in [0, 0.1) is 11.7 Å². The summed E-state index contributed by atoms with van der Waals surface area (Å²) in [5.41, 5.74) is 6.24. The normalized spacial score (nSPS) is 14.5. The number of aromatic nitrogens is 4. The molecule has 0 aliphatic rings. The third-order valence-corrected chi connectivity index (χ3v) is 3.07. The molecule has 0 amide bonds. The van der Waals surface area contributed by atoms with Crippen LogP contribution in [0.25, 0.3) is 0 Å². The summed E-state index contributed by atoms with van der Waals surface area (Å²) in [4.78, 5) is 8.33. The highest BCUT2D eigenvalue weighted by Gasteiger charge is 2.26. The van der Waals surface area contributed by atoms with Gasteiger partial charge in [-0.25, -0.2) is 14.1 Å². The molecular weight excluding hydrogens is 257 g/mol. The molecule has 1 unspecified atom stereocenters. The fourth-order valence-electron chi connectivity index (χ4n) is 2.06. The van der Waals surface area contributed by atoms with Crippen LogP contribution < -0.4 is 5.73 Å². The smallest absolute Gasteiger partial charge is 0.141 e. The highest BCUT2D eigenvalue weighted by atomic mass is 19.1. The molecule has 0 bridgehead atoms. The first-order valence-electron chi connectivity index (χ1n) is 6.66. The number of pyridine rings is 1. The molecule has 0 aliphatic carbocycles. The Bertz CT molecular complexity index is 559. The summed E-state index contributed by atoms with van der Waals surface area (Å²) < 4.78 is 14.8. The van der Waals surface area contributed by atoms with E-state index in [0.29, 0.717) is 18.0 Å². The van der Waals surface area contributed by atoms with Crippen molar-refractivity contribution in [2.75, 3.05) is 0 Å². The Balaban J connectivity index is 2.19. The van der Waals surface area contributed by atoms with E-state index in [0.717, 1.165) is 12.4 Å². The Kier molecular flexibility index (Phi) is 4.13. The highest BCUT2D eigenvalue weighted by Crippen LogP contribution is 2.20. The Morgan fingerprint density at radius 3 is 2.70 bits per heavy atom. The van der Waals surface area contributed by atoms with Crippen molar-refractivity contribution in [3.63, 3.8) is 0 Å². The van der Waals surface area contributed by atoms with Gasteiger partial charge in [0.05, 0.1) is 17.4 Å². The van der Waals surface area contributed by atoms with Gasteiger partial charge < -0.3 is 5.73 Å². The molecule has 0 aromatic carbocycles. The molecule has 2 N–H and O–H groups in total. The van der Waals surface area contributed by atoms with Gasteiger partial charge in [0.25, 0.3) is 0 Å². The first-order chi connectivity index (χ1) is 9.38. The van der Waals surface area contributed by atoms with E-state index in [9.17, 15) is 4.39 Å². The number of nitrogens with two attached hydrogens (primary N) is 1. The van der Waals surface area contributed by atoms with Gasteiger partial charge in [0.15, 0.2) is 0 Å². The van der Waals surface area contributed by atoms with Crippen LogP contribution in [0.5, 0.6) is 0 Å². The maximum atomic E-state index is 12.9. The molecule has 0 fully saturated rings. The first kappa shape index (κ1) is 14.6. The summed E-state index contributed by atoms with van der Waals surface area (Å²) in [6.45, 7) is 6.90. The zero-order valence-corrected chi connectivity index (χ0v) is 12.0. The van der Waals surface area contributed by atoms with Crippen molar-refractivity contribution >= 4 is 0 Å². The first-order valence-corrected chi connectivity index (χ1v) is 6.66. The van der Waals surface area contributed by atoms with E-state index >= 15 is 0 Å². The maximum Gasteiger partial charge on any atom is 0.141 e. The Hall–Kier alpha value is -1.82. The number of rotatable bonds is 5. The molecule has 2 aromatic heterocycles. The number of hydrogen-bond acceptors (Lipinski definition) is 4. The summed E-state index contributed by atoms with van der Waals surface area (Å²) in [7, 11) is 0.